The van der Waals surface area contributed by atoms with Gasteiger partial charge in [0.1, 0.15) is 0 Å². The van der Waals surface area contributed by atoms with Crippen LogP contribution in [0.15, 0.2) is 35.5 Å². The molecule has 2 aromatic heterocycles. The fourth-order valence-corrected chi connectivity index (χ4v) is 4.15. The summed E-state index contributed by atoms with van der Waals surface area (Å²) < 4.78 is 7.10. The fraction of sp³-hybridized carbons (Fsp3) is 0.333. The number of aromatic amines is 1. The Hall–Kier alpha value is -2.87. The Kier molecular flexibility index (Phi) is 6.53. The molecule has 7 nitrogen and oxygen atoms in total. The van der Waals surface area contributed by atoms with Crippen molar-refractivity contribution in [1.82, 2.24) is 19.7 Å². The van der Waals surface area contributed by atoms with Crippen molar-refractivity contribution in [3.63, 3.8) is 0 Å². The number of ketones is 1. The zero-order valence-corrected chi connectivity index (χ0v) is 17.8. The molecule has 152 valence electrons. The number of hydrogen-bond donors (Lipinski definition) is 1. The van der Waals surface area contributed by atoms with Crippen LogP contribution in [0.1, 0.15) is 46.0 Å². The molecule has 0 aliphatic carbocycles. The van der Waals surface area contributed by atoms with E-state index in [1.54, 1.807) is 20.8 Å². The molecule has 0 bridgehead atoms. The largest absolute Gasteiger partial charge is 0.462 e. The summed E-state index contributed by atoms with van der Waals surface area (Å²) in [4.78, 5) is 28.3. The molecule has 3 aromatic rings. The maximum absolute atomic E-state index is 13.0. The summed E-state index contributed by atoms with van der Waals surface area (Å²) in [7, 11) is 0. The van der Waals surface area contributed by atoms with Crippen molar-refractivity contribution in [3.8, 4) is 11.4 Å². The minimum Gasteiger partial charge on any atom is -0.462 e. The number of aromatic nitrogens is 4. The second kappa shape index (κ2) is 9.09. The third kappa shape index (κ3) is 4.27. The average Bonchev–Trinajstić information content (AvgIpc) is 3.26. The van der Waals surface area contributed by atoms with Crippen LogP contribution in [-0.2, 0) is 11.3 Å². The van der Waals surface area contributed by atoms with Gasteiger partial charge < -0.3 is 14.3 Å². The molecule has 29 heavy (non-hydrogen) atoms. The molecule has 8 heteroatoms. The first-order valence-corrected chi connectivity index (χ1v) is 10.5. The van der Waals surface area contributed by atoms with E-state index < -0.39 is 5.97 Å². The van der Waals surface area contributed by atoms with Crippen LogP contribution in [0.3, 0.4) is 0 Å². The van der Waals surface area contributed by atoms with Crippen molar-refractivity contribution in [3.05, 3.63) is 52.8 Å². The van der Waals surface area contributed by atoms with E-state index in [0.717, 1.165) is 11.4 Å². The van der Waals surface area contributed by atoms with Gasteiger partial charge in [-0.3, -0.25) is 4.79 Å². The molecule has 2 heterocycles. The molecule has 0 atom stereocenters. The number of esters is 1. The van der Waals surface area contributed by atoms with E-state index in [1.807, 2.05) is 41.8 Å². The molecular weight excluding hydrogens is 388 g/mol. The van der Waals surface area contributed by atoms with Gasteiger partial charge in [0.15, 0.2) is 16.8 Å². The second-order valence-electron chi connectivity index (χ2n) is 6.47. The summed E-state index contributed by atoms with van der Waals surface area (Å²) in [5, 5.41) is 9.24. The van der Waals surface area contributed by atoms with E-state index in [4.69, 9.17) is 4.74 Å². The molecule has 0 unspecified atom stereocenters. The molecule has 0 saturated carbocycles. The maximum atomic E-state index is 13.0. The van der Waals surface area contributed by atoms with Crippen LogP contribution < -0.4 is 0 Å². The van der Waals surface area contributed by atoms with Gasteiger partial charge in [-0.05, 0) is 27.7 Å². The van der Waals surface area contributed by atoms with Crippen molar-refractivity contribution in [2.45, 2.75) is 39.4 Å². The number of nitrogens with one attached hydrogen (secondary N) is 1. The van der Waals surface area contributed by atoms with Crippen molar-refractivity contribution in [2.75, 3.05) is 12.4 Å². The van der Waals surface area contributed by atoms with Gasteiger partial charge in [0, 0.05) is 23.5 Å². The Labute approximate surface area is 173 Å². The Morgan fingerprint density at radius 3 is 2.41 bits per heavy atom. The molecule has 0 radical (unpaired) electrons. The van der Waals surface area contributed by atoms with Gasteiger partial charge in [0.2, 0.25) is 0 Å². The number of ether oxygens (including phenoxy) is 1. The standard InChI is InChI=1S/C21H24N4O3S/c1-5-25-19(15-10-8-7-9-11-15)23-24-21(25)29-12-16(26)17-13(3)22-14(4)18(17)20(27)28-6-2/h7-11,22H,5-6,12H2,1-4H3. The monoisotopic (exact) mass is 412 g/mol. The third-order valence-electron chi connectivity index (χ3n) is 4.53. The molecule has 0 spiro atoms. The van der Waals surface area contributed by atoms with Crippen LogP contribution in [0.5, 0.6) is 0 Å². The molecular formula is C21H24N4O3S. The van der Waals surface area contributed by atoms with E-state index in [2.05, 4.69) is 15.2 Å². The van der Waals surface area contributed by atoms with E-state index in [0.29, 0.717) is 34.2 Å². The third-order valence-corrected chi connectivity index (χ3v) is 5.50. The predicted molar refractivity (Wildman–Crippen MR) is 112 cm³/mol. The number of nitrogens with zero attached hydrogens (tertiary/aromatic N) is 3. The highest BCUT2D eigenvalue weighted by Gasteiger charge is 2.26. The summed E-state index contributed by atoms with van der Waals surface area (Å²) >= 11 is 1.32. The topological polar surface area (TPSA) is 89.9 Å². The van der Waals surface area contributed by atoms with Gasteiger partial charge >= 0.3 is 5.97 Å². The second-order valence-corrected chi connectivity index (χ2v) is 7.42. The van der Waals surface area contributed by atoms with Gasteiger partial charge in [-0.15, -0.1) is 10.2 Å². The number of carbonyl (C=O) groups excluding carboxylic acids is 2. The van der Waals surface area contributed by atoms with Crippen LogP contribution >= 0.6 is 11.8 Å². The Bertz CT molecular complexity index is 1020. The predicted octanol–water partition coefficient (Wildman–Crippen LogP) is 4.06. The minimum absolute atomic E-state index is 0.146. The van der Waals surface area contributed by atoms with Gasteiger partial charge in [-0.2, -0.15) is 0 Å². The minimum atomic E-state index is -0.481. The normalized spacial score (nSPS) is 10.9. The highest BCUT2D eigenvalue weighted by molar-refractivity contribution is 7.99. The quantitative estimate of drug-likeness (QED) is 0.341. The summed E-state index contributed by atoms with van der Waals surface area (Å²) in [5.41, 5.74) is 2.98. The molecule has 0 amide bonds. The molecule has 3 rings (SSSR count). The van der Waals surface area contributed by atoms with Crippen molar-refractivity contribution < 1.29 is 14.3 Å². The molecule has 0 fully saturated rings. The lowest BCUT2D eigenvalue weighted by Gasteiger charge is -2.08. The van der Waals surface area contributed by atoms with Crippen LogP contribution in [-0.4, -0.2) is 43.9 Å². The first-order valence-electron chi connectivity index (χ1n) is 9.48. The summed E-state index contributed by atoms with van der Waals surface area (Å²) in [6.45, 7) is 8.25. The highest BCUT2D eigenvalue weighted by atomic mass is 32.2. The smallest absolute Gasteiger partial charge is 0.340 e. The van der Waals surface area contributed by atoms with Crippen LogP contribution in [0, 0.1) is 13.8 Å². The van der Waals surface area contributed by atoms with Crippen LogP contribution in [0.2, 0.25) is 0 Å². The summed E-state index contributed by atoms with van der Waals surface area (Å²) in [5.74, 6) is 0.291. The molecule has 0 saturated heterocycles. The Morgan fingerprint density at radius 1 is 1.07 bits per heavy atom. The van der Waals surface area contributed by atoms with E-state index in [1.165, 1.54) is 11.8 Å². The van der Waals surface area contributed by atoms with E-state index in [9.17, 15) is 9.59 Å². The number of Topliss-reactive ketones (excluding diaryl/α,β-unsaturated/α-hetero) is 1. The summed E-state index contributed by atoms with van der Waals surface area (Å²) in [6.07, 6.45) is 0. The zero-order chi connectivity index (χ0) is 21.0. The number of carbonyl (C=O) groups is 2. The number of aryl methyl sites for hydroxylation is 2. The molecule has 1 N–H and O–H groups in total. The van der Waals surface area contributed by atoms with Gasteiger partial charge in [-0.25, -0.2) is 4.79 Å². The fourth-order valence-electron chi connectivity index (χ4n) is 3.27. The lowest BCUT2D eigenvalue weighted by Crippen LogP contribution is -2.13. The van der Waals surface area contributed by atoms with Crippen molar-refractivity contribution in [2.24, 2.45) is 0 Å². The van der Waals surface area contributed by atoms with Gasteiger partial charge in [0.05, 0.1) is 23.5 Å². The molecule has 1 aromatic carbocycles. The van der Waals surface area contributed by atoms with Crippen molar-refractivity contribution >= 4 is 23.5 Å². The lowest BCUT2D eigenvalue weighted by atomic mass is 10.1. The molecule has 0 aliphatic rings. The first-order chi connectivity index (χ1) is 14.0. The van der Waals surface area contributed by atoms with Crippen molar-refractivity contribution in [1.29, 1.82) is 0 Å². The number of rotatable bonds is 8. The Balaban J connectivity index is 1.82. The number of H-pyrrole nitrogens is 1. The maximum Gasteiger partial charge on any atom is 0.340 e. The van der Waals surface area contributed by atoms with E-state index >= 15 is 0 Å². The molecule has 0 aliphatic heterocycles. The number of thioether (sulfide) groups is 1. The van der Waals surface area contributed by atoms with Gasteiger partial charge in [-0.1, -0.05) is 42.1 Å². The average molecular weight is 413 g/mol. The summed E-state index contributed by atoms with van der Waals surface area (Å²) in [6, 6.07) is 9.82. The van der Waals surface area contributed by atoms with Gasteiger partial charge in [0.25, 0.3) is 0 Å². The Morgan fingerprint density at radius 2 is 1.76 bits per heavy atom. The van der Waals surface area contributed by atoms with Crippen LogP contribution in [0.25, 0.3) is 11.4 Å². The number of hydrogen-bond acceptors (Lipinski definition) is 6. The highest BCUT2D eigenvalue weighted by Crippen LogP contribution is 2.26. The SMILES string of the molecule is CCOC(=O)c1c(C)[nH]c(C)c1C(=O)CSc1nnc(-c2ccccc2)n1CC. The number of benzene rings is 1. The zero-order valence-electron chi connectivity index (χ0n) is 17.0. The van der Waals surface area contributed by atoms with Crippen LogP contribution in [0.4, 0.5) is 0 Å². The first kappa shape index (κ1) is 20.9. The van der Waals surface area contributed by atoms with E-state index in [-0.39, 0.29) is 18.1 Å². The lowest BCUT2D eigenvalue weighted by molar-refractivity contribution is 0.0522.